The quantitative estimate of drug-likeness (QED) is 0.671. The van der Waals surface area contributed by atoms with E-state index in [1.807, 2.05) is 0 Å². The lowest BCUT2D eigenvalue weighted by Gasteiger charge is -1.98. The molecule has 0 spiro atoms. The van der Waals surface area contributed by atoms with Gasteiger partial charge in [0.25, 0.3) is 0 Å². The van der Waals surface area contributed by atoms with E-state index >= 15 is 0 Å². The normalized spacial score (nSPS) is 10.9. The van der Waals surface area contributed by atoms with Gasteiger partial charge in [-0.15, -0.1) is 0 Å². The standard InChI is InChI=1S/C13H8ClFN2O2/c1-18-11-9-6-10(7-2-4-8(15)5-3-7)19-12(9)17-13(14)16-11/h2-6H,1H3. The first-order valence-corrected chi connectivity index (χ1v) is 5.82. The van der Waals surface area contributed by atoms with E-state index in [-0.39, 0.29) is 11.1 Å². The molecule has 2 aromatic heterocycles. The predicted octanol–water partition coefficient (Wildman–Crippen LogP) is 3.69. The van der Waals surface area contributed by atoms with E-state index in [9.17, 15) is 4.39 Å². The van der Waals surface area contributed by atoms with E-state index in [0.29, 0.717) is 22.7 Å². The van der Waals surface area contributed by atoms with Crippen molar-refractivity contribution < 1.29 is 13.5 Å². The van der Waals surface area contributed by atoms with Gasteiger partial charge in [0.2, 0.25) is 16.9 Å². The summed E-state index contributed by atoms with van der Waals surface area (Å²) in [6.45, 7) is 0. The van der Waals surface area contributed by atoms with Crippen molar-refractivity contribution in [2.45, 2.75) is 0 Å². The zero-order chi connectivity index (χ0) is 13.4. The Morgan fingerprint density at radius 3 is 2.63 bits per heavy atom. The molecule has 0 fully saturated rings. The summed E-state index contributed by atoms with van der Waals surface area (Å²) in [4.78, 5) is 7.93. The van der Waals surface area contributed by atoms with Crippen LogP contribution < -0.4 is 4.74 Å². The summed E-state index contributed by atoms with van der Waals surface area (Å²) in [5, 5.41) is 0.663. The molecule has 2 heterocycles. The van der Waals surface area contributed by atoms with Gasteiger partial charge in [-0.05, 0) is 41.9 Å². The first kappa shape index (κ1) is 11.9. The summed E-state index contributed by atoms with van der Waals surface area (Å²) in [6, 6.07) is 7.69. The van der Waals surface area contributed by atoms with Gasteiger partial charge in [-0.3, -0.25) is 0 Å². The Morgan fingerprint density at radius 1 is 1.21 bits per heavy atom. The molecule has 0 aliphatic carbocycles. The number of halogens is 2. The van der Waals surface area contributed by atoms with Gasteiger partial charge in [0, 0.05) is 5.56 Å². The molecule has 0 aliphatic heterocycles. The second kappa shape index (κ2) is 4.51. The van der Waals surface area contributed by atoms with Crippen molar-refractivity contribution in [1.29, 1.82) is 0 Å². The molecule has 96 valence electrons. The number of nitrogens with zero attached hydrogens (tertiary/aromatic N) is 2. The molecule has 1 aromatic carbocycles. The maximum absolute atomic E-state index is 12.9. The SMILES string of the molecule is COc1nc(Cl)nc2oc(-c3ccc(F)cc3)cc12. The molecule has 0 unspecified atom stereocenters. The number of rotatable bonds is 2. The lowest BCUT2D eigenvalue weighted by atomic mass is 10.1. The van der Waals surface area contributed by atoms with Crippen molar-refractivity contribution in [2.24, 2.45) is 0 Å². The number of furan rings is 1. The van der Waals surface area contributed by atoms with Crippen LogP contribution in [0.1, 0.15) is 0 Å². The molecule has 0 N–H and O–H groups in total. The summed E-state index contributed by atoms with van der Waals surface area (Å²) in [7, 11) is 1.49. The third-order valence-electron chi connectivity index (χ3n) is 2.65. The fraction of sp³-hybridized carbons (Fsp3) is 0.0769. The van der Waals surface area contributed by atoms with Crippen LogP contribution in [-0.4, -0.2) is 17.1 Å². The van der Waals surface area contributed by atoms with Crippen LogP contribution >= 0.6 is 11.6 Å². The molecule has 0 saturated heterocycles. The van der Waals surface area contributed by atoms with Gasteiger partial charge in [-0.25, -0.2) is 4.39 Å². The minimum Gasteiger partial charge on any atom is -0.480 e. The Balaban J connectivity index is 2.18. The largest absolute Gasteiger partial charge is 0.480 e. The highest BCUT2D eigenvalue weighted by atomic mass is 35.5. The summed E-state index contributed by atoms with van der Waals surface area (Å²) < 4.78 is 23.6. The Labute approximate surface area is 112 Å². The van der Waals surface area contributed by atoms with Gasteiger partial charge in [-0.1, -0.05) is 0 Å². The fourth-order valence-corrected chi connectivity index (χ4v) is 1.94. The van der Waals surface area contributed by atoms with Crippen molar-refractivity contribution in [1.82, 2.24) is 9.97 Å². The molecule has 4 nitrogen and oxygen atoms in total. The second-order valence-electron chi connectivity index (χ2n) is 3.84. The van der Waals surface area contributed by atoms with Gasteiger partial charge in [-0.2, -0.15) is 9.97 Å². The zero-order valence-corrected chi connectivity index (χ0v) is 10.6. The van der Waals surface area contributed by atoms with Gasteiger partial charge in [0.1, 0.15) is 17.0 Å². The molecular formula is C13H8ClFN2O2. The molecular weight excluding hydrogens is 271 g/mol. The molecule has 19 heavy (non-hydrogen) atoms. The lowest BCUT2D eigenvalue weighted by Crippen LogP contribution is -1.90. The highest BCUT2D eigenvalue weighted by Crippen LogP contribution is 2.32. The minimum atomic E-state index is -0.305. The van der Waals surface area contributed by atoms with Gasteiger partial charge in [0.15, 0.2) is 0 Å². The Kier molecular flexibility index (Phi) is 2.83. The highest BCUT2D eigenvalue weighted by Gasteiger charge is 2.14. The number of hydrogen-bond acceptors (Lipinski definition) is 4. The van der Waals surface area contributed by atoms with E-state index in [1.165, 1.54) is 19.2 Å². The molecule has 0 amide bonds. The van der Waals surface area contributed by atoms with Crippen LogP contribution in [0.3, 0.4) is 0 Å². The molecule has 3 aromatic rings. The monoisotopic (exact) mass is 278 g/mol. The van der Waals surface area contributed by atoms with Crippen LogP contribution in [0, 0.1) is 5.82 Å². The van der Waals surface area contributed by atoms with E-state index in [1.54, 1.807) is 18.2 Å². The van der Waals surface area contributed by atoms with Crippen LogP contribution in [0.4, 0.5) is 4.39 Å². The molecule has 3 rings (SSSR count). The van der Waals surface area contributed by atoms with Gasteiger partial charge < -0.3 is 9.15 Å². The Hall–Kier alpha value is -2.14. The number of ether oxygens (including phenoxy) is 1. The van der Waals surface area contributed by atoms with Crippen molar-refractivity contribution in [3.05, 3.63) is 41.4 Å². The molecule has 0 saturated carbocycles. The maximum atomic E-state index is 12.9. The summed E-state index contributed by atoms with van der Waals surface area (Å²) in [5.74, 6) is 0.581. The molecule has 0 radical (unpaired) electrons. The number of hydrogen-bond donors (Lipinski definition) is 0. The average molecular weight is 279 g/mol. The molecule has 6 heteroatoms. The minimum absolute atomic E-state index is 0.0457. The van der Waals surface area contributed by atoms with E-state index in [0.717, 1.165) is 5.56 Å². The van der Waals surface area contributed by atoms with Gasteiger partial charge in [0.05, 0.1) is 7.11 Å². The lowest BCUT2D eigenvalue weighted by molar-refractivity contribution is 0.402. The van der Waals surface area contributed by atoms with Crippen LogP contribution in [-0.2, 0) is 0 Å². The topological polar surface area (TPSA) is 48.2 Å². The average Bonchev–Trinajstić information content (AvgIpc) is 2.82. The maximum Gasteiger partial charge on any atom is 0.234 e. The predicted molar refractivity (Wildman–Crippen MR) is 68.8 cm³/mol. The van der Waals surface area contributed by atoms with Crippen LogP contribution in [0.5, 0.6) is 5.88 Å². The van der Waals surface area contributed by atoms with E-state index < -0.39 is 0 Å². The Morgan fingerprint density at radius 2 is 1.95 bits per heavy atom. The van der Waals surface area contributed by atoms with Crippen LogP contribution in [0.2, 0.25) is 5.28 Å². The summed E-state index contributed by atoms with van der Waals surface area (Å²) in [6.07, 6.45) is 0. The van der Waals surface area contributed by atoms with Crippen molar-refractivity contribution in [3.8, 4) is 17.2 Å². The van der Waals surface area contributed by atoms with Crippen molar-refractivity contribution in [3.63, 3.8) is 0 Å². The summed E-state index contributed by atoms with van der Waals surface area (Å²) >= 11 is 5.77. The third kappa shape index (κ3) is 2.13. The molecule has 0 aliphatic rings. The number of benzene rings is 1. The number of aromatic nitrogens is 2. The highest BCUT2D eigenvalue weighted by molar-refractivity contribution is 6.28. The van der Waals surface area contributed by atoms with E-state index in [2.05, 4.69) is 9.97 Å². The fourth-order valence-electron chi connectivity index (χ4n) is 1.78. The van der Waals surface area contributed by atoms with Crippen molar-refractivity contribution >= 4 is 22.7 Å². The summed E-state index contributed by atoms with van der Waals surface area (Å²) in [5.41, 5.74) is 1.06. The molecule has 0 bridgehead atoms. The van der Waals surface area contributed by atoms with Crippen LogP contribution in [0.15, 0.2) is 34.7 Å². The van der Waals surface area contributed by atoms with Crippen LogP contribution in [0.25, 0.3) is 22.4 Å². The van der Waals surface area contributed by atoms with Gasteiger partial charge >= 0.3 is 0 Å². The zero-order valence-electron chi connectivity index (χ0n) is 9.85. The Bertz CT molecular complexity index is 740. The smallest absolute Gasteiger partial charge is 0.234 e. The molecule has 0 atom stereocenters. The third-order valence-corrected chi connectivity index (χ3v) is 2.82. The number of fused-ring (bicyclic) bond motifs is 1. The first-order chi connectivity index (χ1) is 9.17. The number of methoxy groups -OCH3 is 1. The van der Waals surface area contributed by atoms with E-state index in [4.69, 9.17) is 20.8 Å². The van der Waals surface area contributed by atoms with Crippen molar-refractivity contribution in [2.75, 3.05) is 7.11 Å². The second-order valence-corrected chi connectivity index (χ2v) is 4.18. The first-order valence-electron chi connectivity index (χ1n) is 5.44.